The number of aromatic nitrogens is 2. The number of fused-ring (bicyclic) bond motifs is 1. The molecule has 0 unspecified atom stereocenters. The molecule has 0 radical (unpaired) electrons. The van der Waals surface area contributed by atoms with Gasteiger partial charge in [0.25, 0.3) is 11.5 Å². The number of carbonyl (C=O) groups excluding carboxylic acids is 1. The van der Waals surface area contributed by atoms with Crippen LogP contribution >= 0.6 is 0 Å². The largest absolute Gasteiger partial charge is 0.493 e. The van der Waals surface area contributed by atoms with Crippen molar-refractivity contribution in [3.8, 4) is 22.6 Å². The summed E-state index contributed by atoms with van der Waals surface area (Å²) < 4.78 is 20.3. The van der Waals surface area contributed by atoms with Gasteiger partial charge in [0.15, 0.2) is 0 Å². The number of anilines is 1. The summed E-state index contributed by atoms with van der Waals surface area (Å²) in [5.74, 6) is -0.835. The Kier molecular flexibility index (Phi) is 6.51. The summed E-state index contributed by atoms with van der Waals surface area (Å²) in [5, 5.41) is 3.87. The summed E-state index contributed by atoms with van der Waals surface area (Å²) >= 11 is 0. The molecular weight excluding hydrogens is 469 g/mol. The van der Waals surface area contributed by atoms with Gasteiger partial charge < -0.3 is 10.1 Å². The third-order valence-electron chi connectivity index (χ3n) is 6.10. The molecule has 1 N–H and O–H groups in total. The molecule has 0 fully saturated rings. The monoisotopic (exact) mass is 493 g/mol. The molecule has 7 heteroatoms. The number of ether oxygens (including phenoxy) is 1. The second-order valence-corrected chi connectivity index (χ2v) is 8.53. The quantitative estimate of drug-likeness (QED) is 0.308. The predicted octanol–water partition coefficient (Wildman–Crippen LogP) is 6.15. The fourth-order valence-electron chi connectivity index (χ4n) is 4.26. The maximum Gasteiger partial charge on any atom is 0.271 e. The van der Waals surface area contributed by atoms with Gasteiger partial charge in [-0.05, 0) is 91.2 Å². The molecule has 5 rings (SSSR count). The SMILES string of the molecule is CCOc1ccn(-c2ccc(F)cc2)c(=O)c1C(=O)Nc1ccc(C)c(-c2ccc3ncccc3c2)c1. The number of hydrogen-bond acceptors (Lipinski definition) is 4. The van der Waals surface area contributed by atoms with Crippen LogP contribution in [-0.4, -0.2) is 22.1 Å². The maximum atomic E-state index is 13.4. The number of nitrogens with one attached hydrogen (secondary N) is 1. The van der Waals surface area contributed by atoms with Gasteiger partial charge in [0, 0.05) is 29.2 Å². The summed E-state index contributed by atoms with van der Waals surface area (Å²) in [4.78, 5) is 31.1. The van der Waals surface area contributed by atoms with Crippen LogP contribution in [0.1, 0.15) is 22.8 Å². The van der Waals surface area contributed by atoms with Gasteiger partial charge in [-0.2, -0.15) is 0 Å². The van der Waals surface area contributed by atoms with E-state index in [4.69, 9.17) is 4.74 Å². The highest BCUT2D eigenvalue weighted by Crippen LogP contribution is 2.29. The lowest BCUT2D eigenvalue weighted by Crippen LogP contribution is -2.29. The number of pyridine rings is 2. The fourth-order valence-corrected chi connectivity index (χ4v) is 4.26. The van der Waals surface area contributed by atoms with Crippen LogP contribution in [0.5, 0.6) is 5.75 Å². The first-order valence-electron chi connectivity index (χ1n) is 11.9. The zero-order valence-corrected chi connectivity index (χ0v) is 20.4. The molecule has 0 aliphatic heterocycles. The van der Waals surface area contributed by atoms with Gasteiger partial charge in [-0.15, -0.1) is 0 Å². The second-order valence-electron chi connectivity index (χ2n) is 8.53. The van der Waals surface area contributed by atoms with Crippen molar-refractivity contribution in [2.24, 2.45) is 0 Å². The molecule has 184 valence electrons. The number of nitrogens with zero attached hydrogens (tertiary/aromatic N) is 2. The van der Waals surface area contributed by atoms with Crippen molar-refractivity contribution in [2.75, 3.05) is 11.9 Å². The molecule has 0 atom stereocenters. The molecule has 0 aliphatic carbocycles. The Morgan fingerprint density at radius 1 is 1.03 bits per heavy atom. The van der Waals surface area contributed by atoms with E-state index in [1.807, 2.05) is 43.3 Å². The first kappa shape index (κ1) is 23.9. The Bertz CT molecular complexity index is 1680. The normalized spacial score (nSPS) is 10.9. The first-order valence-corrected chi connectivity index (χ1v) is 11.9. The standard InChI is InChI=1S/C30H24FN3O3/c1-3-37-27-14-16-34(24-11-8-22(31)9-12-24)30(36)28(27)29(35)33-23-10-6-19(2)25(18-23)20-7-13-26-21(17-20)5-4-15-32-26/h4-18H,3H2,1-2H3,(H,33,35). The molecular formula is C30H24FN3O3. The summed E-state index contributed by atoms with van der Waals surface area (Å²) in [5.41, 5.74) is 4.15. The van der Waals surface area contributed by atoms with Crippen LogP contribution in [0.2, 0.25) is 0 Å². The van der Waals surface area contributed by atoms with Crippen LogP contribution in [0, 0.1) is 12.7 Å². The van der Waals surface area contributed by atoms with Gasteiger partial charge >= 0.3 is 0 Å². The van der Waals surface area contributed by atoms with Gasteiger partial charge in [-0.1, -0.05) is 18.2 Å². The molecule has 0 spiro atoms. The van der Waals surface area contributed by atoms with Gasteiger partial charge in [-0.25, -0.2) is 4.39 Å². The van der Waals surface area contributed by atoms with Crippen molar-refractivity contribution < 1.29 is 13.9 Å². The first-order chi connectivity index (χ1) is 17.9. The Hall–Kier alpha value is -4.78. The highest BCUT2D eigenvalue weighted by molar-refractivity contribution is 6.06. The number of halogens is 1. The smallest absolute Gasteiger partial charge is 0.271 e. The van der Waals surface area contributed by atoms with E-state index in [0.717, 1.165) is 27.6 Å². The van der Waals surface area contributed by atoms with Crippen molar-refractivity contribution in [2.45, 2.75) is 13.8 Å². The van der Waals surface area contributed by atoms with Crippen LogP contribution in [0.3, 0.4) is 0 Å². The van der Waals surface area contributed by atoms with E-state index in [0.29, 0.717) is 11.4 Å². The molecule has 37 heavy (non-hydrogen) atoms. The molecule has 6 nitrogen and oxygen atoms in total. The van der Waals surface area contributed by atoms with Crippen LogP contribution in [0.4, 0.5) is 10.1 Å². The van der Waals surface area contributed by atoms with Crippen LogP contribution in [-0.2, 0) is 0 Å². The van der Waals surface area contributed by atoms with E-state index in [2.05, 4.69) is 16.4 Å². The number of benzene rings is 3. The molecule has 3 aromatic carbocycles. The highest BCUT2D eigenvalue weighted by Gasteiger charge is 2.20. The Morgan fingerprint density at radius 2 is 1.84 bits per heavy atom. The van der Waals surface area contributed by atoms with Crippen LogP contribution < -0.4 is 15.6 Å². The van der Waals surface area contributed by atoms with Gasteiger partial charge in [0.05, 0.1) is 12.1 Å². The van der Waals surface area contributed by atoms with Gasteiger partial charge in [0.2, 0.25) is 0 Å². The zero-order chi connectivity index (χ0) is 25.9. The highest BCUT2D eigenvalue weighted by atomic mass is 19.1. The minimum Gasteiger partial charge on any atom is -0.493 e. The van der Waals surface area contributed by atoms with E-state index in [9.17, 15) is 14.0 Å². The lowest BCUT2D eigenvalue weighted by molar-refractivity contribution is 0.102. The summed E-state index contributed by atoms with van der Waals surface area (Å²) in [7, 11) is 0. The van der Waals surface area contributed by atoms with Crippen molar-refractivity contribution >= 4 is 22.5 Å². The van der Waals surface area contributed by atoms with E-state index in [1.165, 1.54) is 35.0 Å². The topological polar surface area (TPSA) is 73.2 Å². The van der Waals surface area contributed by atoms with Crippen molar-refractivity contribution in [1.29, 1.82) is 0 Å². The summed E-state index contributed by atoms with van der Waals surface area (Å²) in [6.07, 6.45) is 3.27. The molecule has 0 saturated carbocycles. The molecule has 0 aliphatic rings. The van der Waals surface area contributed by atoms with E-state index in [1.54, 1.807) is 25.3 Å². The van der Waals surface area contributed by atoms with Crippen molar-refractivity contribution in [1.82, 2.24) is 9.55 Å². The minimum absolute atomic E-state index is 0.132. The lowest BCUT2D eigenvalue weighted by atomic mass is 9.98. The third kappa shape index (κ3) is 4.84. The van der Waals surface area contributed by atoms with Crippen LogP contribution in [0.25, 0.3) is 27.7 Å². The number of hydrogen-bond donors (Lipinski definition) is 1. The zero-order valence-electron chi connectivity index (χ0n) is 20.4. The average molecular weight is 494 g/mol. The van der Waals surface area contributed by atoms with Crippen molar-refractivity contribution in [3.63, 3.8) is 0 Å². The molecule has 0 bridgehead atoms. The average Bonchev–Trinajstić information content (AvgIpc) is 2.90. The fraction of sp³-hybridized carbons (Fsp3) is 0.100. The summed E-state index contributed by atoms with van der Waals surface area (Å²) in [6.45, 7) is 4.06. The number of rotatable bonds is 6. The van der Waals surface area contributed by atoms with Gasteiger partial charge in [-0.3, -0.25) is 19.1 Å². The number of carbonyl (C=O) groups is 1. The van der Waals surface area contributed by atoms with Gasteiger partial charge in [0.1, 0.15) is 17.1 Å². The van der Waals surface area contributed by atoms with E-state index in [-0.39, 0.29) is 17.9 Å². The molecule has 1 amide bonds. The van der Waals surface area contributed by atoms with E-state index >= 15 is 0 Å². The predicted molar refractivity (Wildman–Crippen MR) is 143 cm³/mol. The second kappa shape index (κ2) is 10.1. The Labute approximate surface area is 213 Å². The molecule has 2 heterocycles. The Balaban J connectivity index is 1.52. The molecule has 2 aromatic heterocycles. The molecule has 0 saturated heterocycles. The number of amides is 1. The van der Waals surface area contributed by atoms with Crippen LogP contribution in [0.15, 0.2) is 96.1 Å². The lowest BCUT2D eigenvalue weighted by Gasteiger charge is -2.15. The maximum absolute atomic E-state index is 13.4. The van der Waals surface area contributed by atoms with E-state index < -0.39 is 17.3 Å². The Morgan fingerprint density at radius 3 is 2.62 bits per heavy atom. The summed E-state index contributed by atoms with van der Waals surface area (Å²) in [6, 6.07) is 22.5. The number of aryl methyl sites for hydroxylation is 1. The third-order valence-corrected chi connectivity index (χ3v) is 6.10. The molecule has 5 aromatic rings. The minimum atomic E-state index is -0.595. The van der Waals surface area contributed by atoms with Crippen molar-refractivity contribution in [3.05, 3.63) is 119 Å².